The molecule has 10 heteroatoms. The number of rotatable bonds is 13. The first kappa shape index (κ1) is 33.7. The number of epoxide rings is 1. The average Bonchev–Trinajstić information content (AvgIpc) is 3.64. The second-order valence-corrected chi connectivity index (χ2v) is 14.4. The molecule has 0 aromatic carbocycles. The quantitative estimate of drug-likeness (QED) is 0.0888. The van der Waals surface area contributed by atoms with Gasteiger partial charge in [0.15, 0.2) is 17.0 Å². The van der Waals surface area contributed by atoms with E-state index in [1.807, 2.05) is 13.0 Å². The number of hydrogen-bond donors (Lipinski definition) is 3. The van der Waals surface area contributed by atoms with Gasteiger partial charge in [0.1, 0.15) is 30.0 Å². The van der Waals surface area contributed by atoms with Crippen LogP contribution < -0.4 is 0 Å². The van der Waals surface area contributed by atoms with Crippen LogP contribution in [0, 0.1) is 17.8 Å². The summed E-state index contributed by atoms with van der Waals surface area (Å²) in [6.45, 7) is 12.3. The molecule has 10 nitrogen and oxygen atoms in total. The molecule has 3 N–H and O–H groups in total. The van der Waals surface area contributed by atoms with E-state index in [1.165, 1.54) is 45.4 Å². The number of unbranched alkanes of at least 4 members (excludes halogenated alkanes) is 7. The Bertz CT molecular complexity index is 1350. The number of hydrogen-bond acceptors (Lipinski definition) is 10. The van der Waals surface area contributed by atoms with Gasteiger partial charge in [-0.15, -0.1) is 0 Å². The Hall–Kier alpha value is -2.18. The number of Topliss-reactive ketones (excluding diaryl/α,β-unsaturated/α-hetero) is 1. The summed E-state index contributed by atoms with van der Waals surface area (Å²) >= 11 is 0. The summed E-state index contributed by atoms with van der Waals surface area (Å²) in [6, 6.07) is 0. The minimum absolute atomic E-state index is 0.251. The average molecular weight is 643 g/mol. The van der Waals surface area contributed by atoms with Crippen molar-refractivity contribution in [1.82, 2.24) is 0 Å². The van der Waals surface area contributed by atoms with Crippen LogP contribution in [0.15, 0.2) is 48.1 Å². The number of ether oxygens (including phenoxy) is 5. The number of carbonyl (C=O) groups is 2. The zero-order valence-corrected chi connectivity index (χ0v) is 27.7. The predicted molar refractivity (Wildman–Crippen MR) is 167 cm³/mol. The van der Waals surface area contributed by atoms with Crippen LogP contribution in [0.4, 0.5) is 0 Å². The third kappa shape index (κ3) is 4.47. The van der Waals surface area contributed by atoms with Crippen molar-refractivity contribution in [2.24, 2.45) is 17.8 Å². The predicted octanol–water partition coefficient (Wildman–Crippen LogP) is 3.97. The van der Waals surface area contributed by atoms with E-state index >= 15 is 0 Å². The van der Waals surface area contributed by atoms with Gasteiger partial charge >= 0.3 is 11.9 Å². The highest BCUT2D eigenvalue weighted by Crippen LogP contribution is 2.73. The van der Waals surface area contributed by atoms with Crippen molar-refractivity contribution in [1.29, 1.82) is 0 Å². The van der Waals surface area contributed by atoms with E-state index in [2.05, 4.69) is 19.6 Å². The maximum atomic E-state index is 13.7. The Morgan fingerprint density at radius 1 is 1.07 bits per heavy atom. The van der Waals surface area contributed by atoms with E-state index in [0.29, 0.717) is 5.57 Å². The molecule has 0 amide bonds. The molecule has 1 unspecified atom stereocenters. The molecule has 3 aliphatic carbocycles. The fraction of sp³-hybridized carbons (Fsp3) is 0.722. The fourth-order valence-electron chi connectivity index (χ4n) is 9.37. The van der Waals surface area contributed by atoms with Crippen molar-refractivity contribution in [3.63, 3.8) is 0 Å². The summed E-state index contributed by atoms with van der Waals surface area (Å²) in [5.74, 6) is -5.58. The monoisotopic (exact) mass is 642 g/mol. The molecule has 3 aliphatic heterocycles. The zero-order valence-electron chi connectivity index (χ0n) is 27.7. The van der Waals surface area contributed by atoms with Gasteiger partial charge in [0.05, 0.1) is 12.2 Å². The molecular weight excluding hydrogens is 592 g/mol. The molecular formula is C36H50O10. The molecule has 5 fully saturated rings. The SMILES string of the molecule is C=C(C)[C@@]12O[C@@]3(/C=C/C=C\CCCCCCCCC)O[C@@H]1C1[C@@H]4O[C@]4(CO)[C@@H](O)[C@]4(O)C(=O)C(C)=C[C@H]4[C@@]1(O3)[C@H](C)[C@H]2OC(C)=O. The summed E-state index contributed by atoms with van der Waals surface area (Å²) < 4.78 is 32.6. The summed E-state index contributed by atoms with van der Waals surface area (Å²) in [7, 11) is 0. The van der Waals surface area contributed by atoms with Gasteiger partial charge in [0.2, 0.25) is 0 Å². The Morgan fingerprint density at radius 2 is 1.76 bits per heavy atom. The van der Waals surface area contributed by atoms with E-state index in [-0.39, 0.29) is 5.57 Å². The molecule has 12 atom stereocenters. The van der Waals surface area contributed by atoms with Gasteiger partial charge in [-0.2, -0.15) is 0 Å². The lowest BCUT2D eigenvalue weighted by atomic mass is 9.53. The normalized spacial score (nSPS) is 46.7. The highest BCUT2D eigenvalue weighted by molar-refractivity contribution is 6.05. The Labute approximate surface area is 271 Å². The van der Waals surface area contributed by atoms with Crippen LogP contribution in [0.3, 0.4) is 0 Å². The van der Waals surface area contributed by atoms with Gasteiger partial charge in [-0.3, -0.25) is 9.59 Å². The first-order valence-corrected chi connectivity index (χ1v) is 17.0. The third-order valence-electron chi connectivity index (χ3n) is 11.6. The highest BCUT2D eigenvalue weighted by Gasteiger charge is 2.90. The number of allylic oxidation sites excluding steroid dienone is 3. The highest BCUT2D eigenvalue weighted by atomic mass is 16.9. The van der Waals surface area contributed by atoms with Crippen LogP contribution in [0.25, 0.3) is 0 Å². The first-order chi connectivity index (χ1) is 21.8. The van der Waals surface area contributed by atoms with Crippen LogP contribution in [0.2, 0.25) is 0 Å². The maximum Gasteiger partial charge on any atom is 0.307 e. The lowest BCUT2D eigenvalue weighted by Crippen LogP contribution is -2.76. The van der Waals surface area contributed by atoms with Crippen molar-refractivity contribution in [3.05, 3.63) is 48.1 Å². The van der Waals surface area contributed by atoms with E-state index in [9.17, 15) is 24.9 Å². The van der Waals surface area contributed by atoms with Crippen LogP contribution >= 0.6 is 0 Å². The Balaban J connectivity index is 1.39. The van der Waals surface area contributed by atoms with E-state index in [4.69, 9.17) is 23.7 Å². The van der Waals surface area contributed by atoms with Crippen molar-refractivity contribution in [3.8, 4) is 0 Å². The molecule has 3 saturated heterocycles. The topological polar surface area (TPSA) is 144 Å². The number of aliphatic hydroxyl groups is 3. The van der Waals surface area contributed by atoms with Crippen molar-refractivity contribution < 1.29 is 48.6 Å². The standard InChI is InChI=1S/C36H50O10/c1-7-8-9-10-11-12-13-14-15-16-17-18-33-44-30-26-29-32(20-37,43-29)31(40)34(41)25(19-22(4)27(34)39)36(26,46-33)23(5)28(42-24(6)38)35(30,45-33)21(2)3/h15-19,23,25-26,28-31,37,40-41H,2,7-14,20H2,1,3-6H3/b16-15-,18-17+/t23-,25-,26?,28-,29+,30-,31-,32+,33-,34-,35+,36+/m1/s1. The van der Waals surface area contributed by atoms with Crippen LogP contribution in [0.1, 0.15) is 86.0 Å². The molecule has 0 aromatic rings. The maximum absolute atomic E-state index is 13.7. The fourth-order valence-corrected chi connectivity index (χ4v) is 9.37. The molecule has 0 spiro atoms. The smallest absolute Gasteiger partial charge is 0.307 e. The van der Waals surface area contributed by atoms with Gasteiger partial charge in [-0.1, -0.05) is 83.3 Å². The Morgan fingerprint density at radius 3 is 2.41 bits per heavy atom. The second-order valence-electron chi connectivity index (χ2n) is 14.4. The van der Waals surface area contributed by atoms with E-state index in [0.717, 1.165) is 12.8 Å². The molecule has 0 aromatic heterocycles. The molecule has 2 saturated carbocycles. The molecule has 46 heavy (non-hydrogen) atoms. The lowest BCUT2D eigenvalue weighted by Gasteiger charge is -2.61. The van der Waals surface area contributed by atoms with Crippen molar-refractivity contribution in [2.45, 2.75) is 139 Å². The van der Waals surface area contributed by atoms with Crippen LogP contribution in [-0.2, 0) is 33.3 Å². The molecule has 254 valence electrons. The summed E-state index contributed by atoms with van der Waals surface area (Å²) in [5.41, 5.74) is -6.13. The Kier molecular flexibility index (Phi) is 8.61. The number of fused-ring (bicyclic) bond motifs is 3. The van der Waals surface area contributed by atoms with Gasteiger partial charge in [0.25, 0.3) is 0 Å². The van der Waals surface area contributed by atoms with Gasteiger partial charge in [-0.05, 0) is 37.8 Å². The lowest BCUT2D eigenvalue weighted by molar-refractivity contribution is -0.407. The van der Waals surface area contributed by atoms with Crippen LogP contribution in [-0.4, -0.2) is 86.5 Å². The largest absolute Gasteiger partial charge is 0.459 e. The van der Waals surface area contributed by atoms with Crippen LogP contribution in [0.5, 0.6) is 0 Å². The zero-order chi connectivity index (χ0) is 33.3. The number of esters is 1. The minimum Gasteiger partial charge on any atom is -0.459 e. The third-order valence-corrected chi connectivity index (χ3v) is 11.6. The molecule has 6 aliphatic rings. The molecule has 6 rings (SSSR count). The molecule has 3 bridgehead atoms. The number of aliphatic hydroxyl groups excluding tert-OH is 2. The van der Waals surface area contributed by atoms with Gasteiger partial charge in [0, 0.05) is 30.8 Å². The minimum atomic E-state index is -2.38. The number of carbonyl (C=O) groups excluding carboxylic acids is 2. The first-order valence-electron chi connectivity index (χ1n) is 17.0. The second kappa shape index (κ2) is 11.8. The summed E-state index contributed by atoms with van der Waals surface area (Å²) in [6.07, 6.45) is 14.1. The van der Waals surface area contributed by atoms with Gasteiger partial charge in [-0.25, -0.2) is 0 Å². The van der Waals surface area contributed by atoms with Crippen molar-refractivity contribution in [2.75, 3.05) is 6.61 Å². The number of ketones is 1. The van der Waals surface area contributed by atoms with Crippen molar-refractivity contribution >= 4 is 11.8 Å². The molecule has 0 radical (unpaired) electrons. The van der Waals surface area contributed by atoms with E-state index < -0.39 is 88.9 Å². The van der Waals surface area contributed by atoms with E-state index in [1.54, 1.807) is 32.1 Å². The summed E-state index contributed by atoms with van der Waals surface area (Å²) in [4.78, 5) is 26.3. The van der Waals surface area contributed by atoms with Gasteiger partial charge < -0.3 is 39.0 Å². The summed E-state index contributed by atoms with van der Waals surface area (Å²) in [5, 5.41) is 34.6. The molecule has 3 heterocycles.